The maximum Gasteiger partial charge on any atom is 0.326 e. The van der Waals surface area contributed by atoms with Crippen molar-refractivity contribution in [2.75, 3.05) is 11.1 Å². The van der Waals surface area contributed by atoms with Gasteiger partial charge in [0.2, 0.25) is 5.95 Å². The predicted octanol–water partition coefficient (Wildman–Crippen LogP) is 1.10. The summed E-state index contributed by atoms with van der Waals surface area (Å²) < 4.78 is 0. The lowest BCUT2D eigenvalue weighted by molar-refractivity contribution is -0.140. The van der Waals surface area contributed by atoms with Crippen molar-refractivity contribution in [2.45, 2.75) is 25.4 Å². The van der Waals surface area contributed by atoms with Crippen LogP contribution in [-0.4, -0.2) is 59.0 Å². The fourth-order valence-electron chi connectivity index (χ4n) is 2.93. The second-order valence-electron chi connectivity index (χ2n) is 7.39. The first kappa shape index (κ1) is 26.7. The van der Waals surface area contributed by atoms with Gasteiger partial charge in [-0.1, -0.05) is 0 Å². The molecular weight excluding hydrogens is 504 g/mol. The summed E-state index contributed by atoms with van der Waals surface area (Å²) in [7, 11) is 0. The summed E-state index contributed by atoms with van der Waals surface area (Å²) in [5.74, 6) is -3.16. The van der Waals surface area contributed by atoms with Gasteiger partial charge in [-0.2, -0.15) is 4.98 Å². The number of anilines is 2. The highest BCUT2D eigenvalue weighted by atomic mass is 32.1. The highest BCUT2D eigenvalue weighted by Gasteiger charge is 2.21. The minimum atomic E-state index is -1.31. The van der Waals surface area contributed by atoms with E-state index in [1.807, 2.05) is 5.38 Å². The van der Waals surface area contributed by atoms with Gasteiger partial charge in [-0.05, 0) is 30.7 Å². The van der Waals surface area contributed by atoms with Crippen molar-refractivity contribution < 1.29 is 24.6 Å². The number of H-pyrrole nitrogens is 1. The van der Waals surface area contributed by atoms with Gasteiger partial charge in [-0.15, -0.1) is 11.3 Å². The zero-order chi connectivity index (χ0) is 26.8. The van der Waals surface area contributed by atoms with E-state index < -0.39 is 29.4 Å². The number of carboxylic acid groups (broad SMARTS) is 2. The quantitative estimate of drug-likeness (QED) is 0.180. The third-order valence-corrected chi connectivity index (χ3v) is 5.23. The van der Waals surface area contributed by atoms with Crippen molar-refractivity contribution in [1.29, 1.82) is 0 Å². The molecule has 0 aliphatic heterocycles. The van der Waals surface area contributed by atoms with E-state index in [0.29, 0.717) is 11.4 Å². The highest BCUT2D eigenvalue weighted by molar-refractivity contribution is 7.07. The summed E-state index contributed by atoms with van der Waals surface area (Å²) in [5, 5.41) is 25.1. The van der Waals surface area contributed by atoms with Crippen molar-refractivity contribution in [1.82, 2.24) is 30.2 Å². The minimum Gasteiger partial charge on any atom is -0.481 e. The minimum absolute atomic E-state index is 0.0524. The van der Waals surface area contributed by atoms with E-state index in [1.54, 1.807) is 35.2 Å². The molecule has 1 amide bonds. The zero-order valence-corrected chi connectivity index (χ0v) is 19.9. The molecule has 4 aromatic rings. The number of benzene rings is 1. The van der Waals surface area contributed by atoms with Crippen molar-refractivity contribution >= 4 is 52.0 Å². The van der Waals surface area contributed by atoms with Crippen LogP contribution in [0.2, 0.25) is 0 Å². The number of aliphatic carboxylic acids is 2. The second kappa shape index (κ2) is 12.7. The first-order valence-electron chi connectivity index (χ1n) is 10.7. The Morgan fingerprint density at radius 2 is 1.89 bits per heavy atom. The van der Waals surface area contributed by atoms with Gasteiger partial charge in [0.25, 0.3) is 11.5 Å². The van der Waals surface area contributed by atoms with Gasteiger partial charge in [0.05, 0.1) is 23.9 Å². The Balaban J connectivity index is 0.000000678. The summed E-state index contributed by atoms with van der Waals surface area (Å²) in [6.45, 7) is 0.231. The van der Waals surface area contributed by atoms with Crippen LogP contribution in [0.3, 0.4) is 0 Å². The third-order valence-electron chi connectivity index (χ3n) is 4.70. The van der Waals surface area contributed by atoms with Crippen LogP contribution in [0.1, 0.15) is 28.9 Å². The summed E-state index contributed by atoms with van der Waals surface area (Å²) in [5.41, 5.74) is 8.26. The van der Waals surface area contributed by atoms with E-state index in [0.717, 1.165) is 0 Å². The Morgan fingerprint density at radius 3 is 2.49 bits per heavy atom. The van der Waals surface area contributed by atoms with Gasteiger partial charge in [0, 0.05) is 29.2 Å². The number of carbonyl (C=O) groups excluding carboxylic acids is 1. The maximum atomic E-state index is 12.3. The molecule has 0 saturated carbocycles. The van der Waals surface area contributed by atoms with Crippen LogP contribution in [0.4, 0.5) is 11.6 Å². The number of aromatic nitrogens is 5. The standard InChI is InChI=1S/C19H19N7O6.C3H3NS/c20-19-25-15-14(17(30)26-19)23-11(8-22-15)7-21-10-3-1-9(2-4-10)16(29)24-12(18(31)32)5-6-13(27)28;1-2-5-3-4-1/h1-4,8,12,21H,5-7H2,(H,24,29)(H,27,28)(H,31,32)(H3,20,22,25,26,30);1-3H. The van der Waals surface area contributed by atoms with E-state index in [1.165, 1.54) is 18.3 Å². The number of carboxylic acids is 2. The van der Waals surface area contributed by atoms with Gasteiger partial charge in [0.15, 0.2) is 11.2 Å². The molecule has 192 valence electrons. The van der Waals surface area contributed by atoms with Crippen LogP contribution in [0.15, 0.2) is 52.3 Å². The van der Waals surface area contributed by atoms with Crippen LogP contribution in [0, 0.1) is 0 Å². The molecule has 3 aromatic heterocycles. The van der Waals surface area contributed by atoms with Crippen molar-refractivity contribution in [2.24, 2.45) is 0 Å². The summed E-state index contributed by atoms with van der Waals surface area (Å²) in [4.78, 5) is 64.3. The second-order valence-corrected chi connectivity index (χ2v) is 8.14. The van der Waals surface area contributed by atoms with E-state index in [2.05, 4.69) is 35.6 Å². The third kappa shape index (κ3) is 8.07. The van der Waals surface area contributed by atoms with E-state index >= 15 is 0 Å². The molecule has 1 unspecified atom stereocenters. The van der Waals surface area contributed by atoms with Crippen molar-refractivity contribution in [3.8, 4) is 0 Å². The molecule has 4 rings (SSSR count). The molecule has 0 aliphatic carbocycles. The average Bonchev–Trinajstić information content (AvgIpc) is 3.46. The van der Waals surface area contributed by atoms with Crippen LogP contribution >= 0.6 is 11.3 Å². The fraction of sp³-hybridized carbons (Fsp3) is 0.182. The number of amides is 1. The Bertz CT molecular complexity index is 1410. The largest absolute Gasteiger partial charge is 0.481 e. The number of aromatic amines is 1. The number of nitrogens with zero attached hydrogens (tertiary/aromatic N) is 4. The van der Waals surface area contributed by atoms with Gasteiger partial charge in [-0.25, -0.2) is 14.8 Å². The number of hydrogen-bond acceptors (Lipinski definition) is 11. The molecule has 3 heterocycles. The molecule has 1 aromatic carbocycles. The molecule has 0 fully saturated rings. The first-order valence-corrected chi connectivity index (χ1v) is 11.6. The molecule has 0 bridgehead atoms. The number of nitrogens with two attached hydrogens (primary N) is 1. The lowest BCUT2D eigenvalue weighted by atomic mass is 10.1. The smallest absolute Gasteiger partial charge is 0.326 e. The summed E-state index contributed by atoms with van der Waals surface area (Å²) in [6.07, 6.45) is 2.61. The van der Waals surface area contributed by atoms with Gasteiger partial charge >= 0.3 is 11.9 Å². The first-order chi connectivity index (χ1) is 17.7. The Kier molecular flexibility index (Phi) is 9.15. The van der Waals surface area contributed by atoms with Crippen LogP contribution in [0.5, 0.6) is 0 Å². The lowest BCUT2D eigenvalue weighted by Crippen LogP contribution is -2.41. The molecule has 1 atom stereocenters. The molecule has 15 heteroatoms. The maximum absolute atomic E-state index is 12.3. The number of thiazole rings is 1. The SMILES string of the molecule is Nc1nc2ncc(CNc3ccc(C(=O)NC(CCC(=O)O)C(=O)O)cc3)nc2c(=O)[nH]1.c1cscn1. The Labute approximate surface area is 212 Å². The number of carbonyl (C=O) groups is 3. The molecule has 0 aliphatic rings. The molecule has 0 radical (unpaired) electrons. The summed E-state index contributed by atoms with van der Waals surface area (Å²) >= 11 is 1.60. The van der Waals surface area contributed by atoms with Crippen LogP contribution in [0.25, 0.3) is 11.2 Å². The Hall–Kier alpha value is -4.92. The normalized spacial score (nSPS) is 11.1. The Morgan fingerprint density at radius 1 is 1.14 bits per heavy atom. The molecular formula is C22H22N8O6S. The van der Waals surface area contributed by atoms with Gasteiger partial charge in [-0.3, -0.25) is 24.4 Å². The van der Waals surface area contributed by atoms with E-state index in [4.69, 9.17) is 15.9 Å². The summed E-state index contributed by atoms with van der Waals surface area (Å²) in [6, 6.07) is 4.86. The molecule has 7 N–H and O–H groups in total. The fourth-order valence-corrected chi connectivity index (χ4v) is 3.28. The zero-order valence-electron chi connectivity index (χ0n) is 19.1. The number of fused-ring (bicyclic) bond motifs is 1. The van der Waals surface area contributed by atoms with E-state index in [9.17, 15) is 19.2 Å². The van der Waals surface area contributed by atoms with Crippen LogP contribution < -0.4 is 21.9 Å². The molecule has 14 nitrogen and oxygen atoms in total. The topological polar surface area (TPSA) is 226 Å². The van der Waals surface area contributed by atoms with Crippen LogP contribution in [-0.2, 0) is 16.1 Å². The number of nitrogens with one attached hydrogen (secondary N) is 3. The predicted molar refractivity (Wildman–Crippen MR) is 134 cm³/mol. The van der Waals surface area contributed by atoms with E-state index in [-0.39, 0.29) is 42.1 Å². The average molecular weight is 527 g/mol. The molecule has 0 spiro atoms. The van der Waals surface area contributed by atoms with Gasteiger partial charge < -0.3 is 26.6 Å². The highest BCUT2D eigenvalue weighted by Crippen LogP contribution is 2.12. The number of nitrogen functional groups attached to an aromatic ring is 1. The molecule has 0 saturated heterocycles. The van der Waals surface area contributed by atoms with Crippen molar-refractivity contribution in [3.05, 3.63) is 69.2 Å². The number of rotatable bonds is 9. The monoisotopic (exact) mass is 526 g/mol. The number of hydrogen-bond donors (Lipinski definition) is 6. The van der Waals surface area contributed by atoms with Crippen molar-refractivity contribution in [3.63, 3.8) is 0 Å². The lowest BCUT2D eigenvalue weighted by Gasteiger charge is -2.14. The van der Waals surface area contributed by atoms with Gasteiger partial charge in [0.1, 0.15) is 6.04 Å². The molecule has 37 heavy (non-hydrogen) atoms.